The van der Waals surface area contributed by atoms with E-state index in [4.69, 9.17) is 5.84 Å². The van der Waals surface area contributed by atoms with Gasteiger partial charge in [0.05, 0.1) is 15.9 Å². The van der Waals surface area contributed by atoms with Crippen LogP contribution in [0.5, 0.6) is 0 Å². The quantitative estimate of drug-likeness (QED) is 0.642. The number of nitrogen functional groups attached to an aromatic ring is 1. The van der Waals surface area contributed by atoms with E-state index >= 15 is 0 Å². The zero-order valence-electron chi connectivity index (χ0n) is 8.90. The molecule has 2 heterocycles. The largest absolute Gasteiger partial charge is 0.308 e. The van der Waals surface area contributed by atoms with Crippen molar-refractivity contribution in [1.29, 1.82) is 0 Å². The maximum Gasteiger partial charge on any atom is 0.159 e. The Balaban J connectivity index is 2.54. The summed E-state index contributed by atoms with van der Waals surface area (Å²) < 4.78 is 2.72. The molecule has 0 unspecified atom stereocenters. The first kappa shape index (κ1) is 11.0. The lowest BCUT2D eigenvalue weighted by Crippen LogP contribution is -2.10. The fraction of sp³-hybridized carbons (Fsp3) is 0.222. The Kier molecular flexibility index (Phi) is 2.88. The number of hydrogen-bond acceptors (Lipinski definition) is 5. The molecule has 6 nitrogen and oxygen atoms in total. The highest BCUT2D eigenvalue weighted by molar-refractivity contribution is 9.10. The zero-order valence-corrected chi connectivity index (χ0v) is 10.5. The van der Waals surface area contributed by atoms with Crippen molar-refractivity contribution in [3.8, 4) is 5.82 Å². The van der Waals surface area contributed by atoms with Crippen LogP contribution in [0.3, 0.4) is 0 Å². The summed E-state index contributed by atoms with van der Waals surface area (Å²) in [4.78, 5) is 8.09. The molecule has 0 fully saturated rings. The van der Waals surface area contributed by atoms with Crippen LogP contribution < -0.4 is 11.3 Å². The number of anilines is 1. The van der Waals surface area contributed by atoms with E-state index < -0.39 is 0 Å². The molecule has 2 rings (SSSR count). The van der Waals surface area contributed by atoms with E-state index in [1.54, 1.807) is 10.7 Å². The van der Waals surface area contributed by atoms with Gasteiger partial charge in [-0.2, -0.15) is 5.10 Å². The molecule has 16 heavy (non-hydrogen) atoms. The Morgan fingerprint density at radius 3 is 2.69 bits per heavy atom. The number of nitrogens with one attached hydrogen (secondary N) is 1. The summed E-state index contributed by atoms with van der Waals surface area (Å²) in [5, 5.41) is 4.37. The predicted molar refractivity (Wildman–Crippen MR) is 64.1 cm³/mol. The number of halogens is 1. The lowest BCUT2D eigenvalue weighted by Gasteiger charge is -2.04. The molecule has 0 aliphatic rings. The highest BCUT2D eigenvalue weighted by Gasteiger charge is 2.11. The number of rotatable bonds is 2. The minimum Gasteiger partial charge on any atom is -0.308 e. The average molecular weight is 283 g/mol. The fourth-order valence-corrected chi connectivity index (χ4v) is 1.64. The predicted octanol–water partition coefficient (Wildman–Crippen LogP) is 1.33. The average Bonchev–Trinajstić information content (AvgIpc) is 2.57. The van der Waals surface area contributed by atoms with Crippen molar-refractivity contribution in [3.05, 3.63) is 28.3 Å². The molecule has 0 spiro atoms. The molecule has 7 heteroatoms. The maximum absolute atomic E-state index is 5.29. The van der Waals surface area contributed by atoms with E-state index in [2.05, 4.69) is 36.4 Å². The minimum absolute atomic E-state index is 0.550. The molecule has 0 saturated heterocycles. The Hall–Kier alpha value is -1.47. The van der Waals surface area contributed by atoms with Crippen LogP contribution in [0.25, 0.3) is 5.82 Å². The lowest BCUT2D eigenvalue weighted by atomic mass is 10.4. The number of hydrazine groups is 1. The van der Waals surface area contributed by atoms with Crippen molar-refractivity contribution in [2.24, 2.45) is 5.84 Å². The summed E-state index contributed by atoms with van der Waals surface area (Å²) >= 11 is 3.47. The summed E-state index contributed by atoms with van der Waals surface area (Å²) in [5.41, 5.74) is 4.37. The van der Waals surface area contributed by atoms with Crippen LogP contribution in [0.15, 0.2) is 16.9 Å². The van der Waals surface area contributed by atoms with Gasteiger partial charge in [0, 0.05) is 6.07 Å². The van der Waals surface area contributed by atoms with Gasteiger partial charge in [-0.15, -0.1) is 0 Å². The van der Waals surface area contributed by atoms with Crippen LogP contribution in [0, 0.1) is 13.8 Å². The Morgan fingerprint density at radius 2 is 2.12 bits per heavy atom. The third kappa shape index (κ3) is 1.79. The third-order valence-corrected chi connectivity index (χ3v) is 3.37. The van der Waals surface area contributed by atoms with Crippen LogP contribution in [0.2, 0.25) is 0 Å². The SMILES string of the molecule is Cc1nn(-c2cc(NN)ncn2)c(C)c1Br. The standard InChI is InChI=1S/C9H11BrN6/c1-5-9(10)6(2)16(15-5)8-3-7(14-11)12-4-13-8/h3-4H,11H2,1-2H3,(H,12,13,14). The number of nitrogens with two attached hydrogens (primary N) is 1. The van der Waals surface area contributed by atoms with E-state index in [0.717, 1.165) is 15.9 Å². The smallest absolute Gasteiger partial charge is 0.159 e. The normalized spacial score (nSPS) is 10.5. The Bertz CT molecular complexity index is 521. The molecular formula is C9H11BrN6. The molecule has 0 bridgehead atoms. The Labute approximate surface area is 101 Å². The summed E-state index contributed by atoms with van der Waals surface area (Å²) in [6.45, 7) is 3.89. The van der Waals surface area contributed by atoms with Gasteiger partial charge >= 0.3 is 0 Å². The molecule has 0 atom stereocenters. The van der Waals surface area contributed by atoms with E-state index in [1.165, 1.54) is 6.33 Å². The summed E-state index contributed by atoms with van der Waals surface area (Å²) in [7, 11) is 0. The molecule has 0 aromatic carbocycles. The highest BCUT2D eigenvalue weighted by Crippen LogP contribution is 2.22. The third-order valence-electron chi connectivity index (χ3n) is 2.22. The molecule has 0 aliphatic carbocycles. The molecule has 0 aliphatic heterocycles. The van der Waals surface area contributed by atoms with Crippen molar-refractivity contribution >= 4 is 21.7 Å². The van der Waals surface area contributed by atoms with E-state index in [9.17, 15) is 0 Å². The molecule has 84 valence electrons. The number of nitrogens with zero attached hydrogens (tertiary/aromatic N) is 4. The van der Waals surface area contributed by atoms with Crippen LogP contribution in [-0.4, -0.2) is 19.7 Å². The summed E-state index contributed by atoms with van der Waals surface area (Å²) in [5.74, 6) is 6.52. The second-order valence-electron chi connectivity index (χ2n) is 3.30. The van der Waals surface area contributed by atoms with Gasteiger partial charge < -0.3 is 5.43 Å². The maximum atomic E-state index is 5.29. The first-order chi connectivity index (χ1) is 7.63. The van der Waals surface area contributed by atoms with Crippen molar-refractivity contribution in [2.75, 3.05) is 5.43 Å². The van der Waals surface area contributed by atoms with Crippen LogP contribution in [-0.2, 0) is 0 Å². The number of hydrogen-bond donors (Lipinski definition) is 2. The van der Waals surface area contributed by atoms with Crippen molar-refractivity contribution in [3.63, 3.8) is 0 Å². The second kappa shape index (κ2) is 4.18. The Morgan fingerprint density at radius 1 is 1.38 bits per heavy atom. The topological polar surface area (TPSA) is 81.7 Å². The van der Waals surface area contributed by atoms with E-state index in [1.807, 2.05) is 13.8 Å². The molecule has 3 N–H and O–H groups in total. The van der Waals surface area contributed by atoms with Gasteiger partial charge in [-0.3, -0.25) is 0 Å². The fourth-order valence-electron chi connectivity index (χ4n) is 1.39. The first-order valence-electron chi connectivity index (χ1n) is 4.64. The minimum atomic E-state index is 0.550. The van der Waals surface area contributed by atoms with Crippen molar-refractivity contribution < 1.29 is 0 Å². The van der Waals surface area contributed by atoms with E-state index in [0.29, 0.717) is 11.6 Å². The van der Waals surface area contributed by atoms with Gasteiger partial charge in [0.15, 0.2) is 5.82 Å². The van der Waals surface area contributed by atoms with Crippen molar-refractivity contribution in [1.82, 2.24) is 19.7 Å². The monoisotopic (exact) mass is 282 g/mol. The molecule has 2 aromatic rings. The molecular weight excluding hydrogens is 272 g/mol. The van der Waals surface area contributed by atoms with Gasteiger partial charge in [-0.05, 0) is 29.8 Å². The van der Waals surface area contributed by atoms with Gasteiger partial charge in [0.2, 0.25) is 0 Å². The number of aryl methyl sites for hydroxylation is 1. The molecule has 2 aromatic heterocycles. The van der Waals surface area contributed by atoms with Crippen LogP contribution >= 0.6 is 15.9 Å². The van der Waals surface area contributed by atoms with Crippen molar-refractivity contribution in [2.45, 2.75) is 13.8 Å². The zero-order chi connectivity index (χ0) is 11.7. The second-order valence-corrected chi connectivity index (χ2v) is 4.10. The van der Waals surface area contributed by atoms with Gasteiger partial charge in [-0.1, -0.05) is 0 Å². The van der Waals surface area contributed by atoms with E-state index in [-0.39, 0.29) is 0 Å². The lowest BCUT2D eigenvalue weighted by molar-refractivity contribution is 0.800. The van der Waals surface area contributed by atoms with Crippen LogP contribution in [0.4, 0.5) is 5.82 Å². The van der Waals surface area contributed by atoms with Gasteiger partial charge in [0.1, 0.15) is 12.1 Å². The van der Waals surface area contributed by atoms with Gasteiger partial charge in [0.25, 0.3) is 0 Å². The molecule has 0 saturated carbocycles. The van der Waals surface area contributed by atoms with Gasteiger partial charge in [-0.25, -0.2) is 20.5 Å². The molecule has 0 radical (unpaired) electrons. The first-order valence-corrected chi connectivity index (χ1v) is 5.43. The highest BCUT2D eigenvalue weighted by atomic mass is 79.9. The number of aromatic nitrogens is 4. The summed E-state index contributed by atoms with van der Waals surface area (Å²) in [6, 6.07) is 1.73. The summed E-state index contributed by atoms with van der Waals surface area (Å²) in [6.07, 6.45) is 1.44. The van der Waals surface area contributed by atoms with Crippen LogP contribution in [0.1, 0.15) is 11.4 Å². The molecule has 0 amide bonds.